The molecule has 0 rings (SSSR count). The molecule has 0 heterocycles. The van der Waals surface area contributed by atoms with Crippen molar-refractivity contribution in [2.75, 3.05) is 6.61 Å². The molecule has 4 nitrogen and oxygen atoms in total. The standard InChI is InChI=1S/C14H20F7NO3/c1-5-8(4)9(10(23)25-6-7(2)3)22-11(24)12(15,16)13(17,18)14(19,20)21/h7-9H,5-6H2,1-4H3,(H,22,24). The first-order valence-corrected chi connectivity index (χ1v) is 7.39. The molecular formula is C14H20F7NO3. The van der Waals surface area contributed by atoms with E-state index in [-0.39, 0.29) is 18.9 Å². The van der Waals surface area contributed by atoms with Gasteiger partial charge in [0, 0.05) is 0 Å². The number of halogens is 7. The van der Waals surface area contributed by atoms with Crippen molar-refractivity contribution in [3.8, 4) is 0 Å². The van der Waals surface area contributed by atoms with Gasteiger partial charge in [-0.3, -0.25) is 4.79 Å². The van der Waals surface area contributed by atoms with Gasteiger partial charge >= 0.3 is 24.0 Å². The fourth-order valence-electron chi connectivity index (χ4n) is 1.56. The van der Waals surface area contributed by atoms with Crippen LogP contribution < -0.4 is 5.32 Å². The second-order valence-corrected chi connectivity index (χ2v) is 6.01. The Balaban J connectivity index is 5.42. The summed E-state index contributed by atoms with van der Waals surface area (Å²) < 4.78 is 93.6. The molecule has 0 bridgehead atoms. The van der Waals surface area contributed by atoms with Crippen LogP contribution in [0.3, 0.4) is 0 Å². The largest absolute Gasteiger partial charge is 0.464 e. The van der Waals surface area contributed by atoms with Gasteiger partial charge in [0.2, 0.25) is 0 Å². The monoisotopic (exact) mass is 383 g/mol. The molecular weight excluding hydrogens is 363 g/mol. The lowest BCUT2D eigenvalue weighted by Gasteiger charge is -2.30. The predicted octanol–water partition coefficient (Wildman–Crippen LogP) is 3.55. The van der Waals surface area contributed by atoms with Crippen LogP contribution in [-0.4, -0.2) is 42.5 Å². The van der Waals surface area contributed by atoms with Crippen LogP contribution in [0.2, 0.25) is 0 Å². The minimum absolute atomic E-state index is 0.142. The average molecular weight is 383 g/mol. The summed E-state index contributed by atoms with van der Waals surface area (Å²) in [5, 5.41) is 1.27. The zero-order chi connectivity index (χ0) is 20.2. The Hall–Kier alpha value is -1.55. The highest BCUT2D eigenvalue weighted by Crippen LogP contribution is 2.46. The SMILES string of the molecule is CCC(C)C(NC(=O)C(F)(F)C(F)(F)C(F)(F)F)C(=O)OCC(C)C. The summed E-state index contributed by atoms with van der Waals surface area (Å²) >= 11 is 0. The maximum atomic E-state index is 13.4. The number of hydrogen-bond acceptors (Lipinski definition) is 3. The van der Waals surface area contributed by atoms with E-state index < -0.39 is 41.9 Å². The Morgan fingerprint density at radius 3 is 1.84 bits per heavy atom. The maximum absolute atomic E-state index is 13.4. The van der Waals surface area contributed by atoms with E-state index in [1.807, 2.05) is 0 Å². The van der Waals surface area contributed by atoms with E-state index >= 15 is 0 Å². The van der Waals surface area contributed by atoms with Crippen molar-refractivity contribution < 1.29 is 45.1 Å². The van der Waals surface area contributed by atoms with Gasteiger partial charge in [-0.1, -0.05) is 34.1 Å². The number of carbonyl (C=O) groups excluding carboxylic acids is 2. The Kier molecular flexibility index (Phi) is 7.71. The van der Waals surface area contributed by atoms with Gasteiger partial charge in [-0.2, -0.15) is 30.7 Å². The molecule has 0 aromatic carbocycles. The summed E-state index contributed by atoms with van der Waals surface area (Å²) in [6.07, 6.45) is -6.50. The molecule has 1 N–H and O–H groups in total. The van der Waals surface area contributed by atoms with Crippen LogP contribution in [-0.2, 0) is 14.3 Å². The first kappa shape index (κ1) is 23.4. The molecule has 0 aliphatic carbocycles. The van der Waals surface area contributed by atoms with Gasteiger partial charge < -0.3 is 10.1 Å². The fraction of sp³-hybridized carbons (Fsp3) is 0.857. The molecule has 0 aromatic heterocycles. The number of amides is 1. The number of rotatable bonds is 8. The molecule has 0 saturated carbocycles. The van der Waals surface area contributed by atoms with Crippen molar-refractivity contribution in [2.24, 2.45) is 11.8 Å². The third kappa shape index (κ3) is 5.46. The van der Waals surface area contributed by atoms with Gasteiger partial charge in [-0.15, -0.1) is 0 Å². The van der Waals surface area contributed by atoms with Gasteiger partial charge in [0.1, 0.15) is 6.04 Å². The van der Waals surface area contributed by atoms with Crippen molar-refractivity contribution in [1.29, 1.82) is 0 Å². The van der Waals surface area contributed by atoms with Crippen molar-refractivity contribution in [3.05, 3.63) is 0 Å². The van der Waals surface area contributed by atoms with Gasteiger partial charge in [0.05, 0.1) is 6.61 Å². The topological polar surface area (TPSA) is 55.4 Å². The average Bonchev–Trinajstić information content (AvgIpc) is 2.47. The summed E-state index contributed by atoms with van der Waals surface area (Å²) in [5.41, 5.74) is 0. The zero-order valence-corrected chi connectivity index (χ0v) is 14.0. The van der Waals surface area contributed by atoms with E-state index in [1.165, 1.54) is 19.2 Å². The molecule has 0 aliphatic heterocycles. The Labute approximate surface area is 140 Å². The van der Waals surface area contributed by atoms with E-state index in [1.54, 1.807) is 13.8 Å². The summed E-state index contributed by atoms with van der Waals surface area (Å²) in [7, 11) is 0. The molecule has 148 valence electrons. The lowest BCUT2D eigenvalue weighted by molar-refractivity contribution is -0.344. The van der Waals surface area contributed by atoms with Crippen molar-refractivity contribution in [2.45, 2.75) is 58.2 Å². The van der Waals surface area contributed by atoms with Crippen LogP contribution in [0.4, 0.5) is 30.7 Å². The van der Waals surface area contributed by atoms with Gasteiger partial charge in [0.15, 0.2) is 0 Å². The lowest BCUT2D eigenvalue weighted by Crippen LogP contribution is -2.62. The second-order valence-electron chi connectivity index (χ2n) is 6.01. The van der Waals surface area contributed by atoms with Crippen LogP contribution in [0, 0.1) is 11.8 Å². The molecule has 0 saturated heterocycles. The normalized spacial score (nSPS) is 15.7. The highest BCUT2D eigenvalue weighted by Gasteiger charge is 2.76. The summed E-state index contributed by atoms with van der Waals surface area (Å²) in [5.74, 6) is -17.8. The zero-order valence-electron chi connectivity index (χ0n) is 14.0. The minimum atomic E-state index is -6.64. The van der Waals surface area contributed by atoms with E-state index in [4.69, 9.17) is 4.74 Å². The van der Waals surface area contributed by atoms with Crippen LogP contribution in [0.1, 0.15) is 34.1 Å². The van der Waals surface area contributed by atoms with Crippen LogP contribution in [0.25, 0.3) is 0 Å². The van der Waals surface area contributed by atoms with E-state index in [0.717, 1.165) is 0 Å². The first-order chi connectivity index (χ1) is 11.1. The molecule has 2 atom stereocenters. The fourth-order valence-corrected chi connectivity index (χ4v) is 1.56. The predicted molar refractivity (Wildman–Crippen MR) is 73.1 cm³/mol. The van der Waals surface area contributed by atoms with Gasteiger partial charge in [-0.25, -0.2) is 4.79 Å². The Morgan fingerprint density at radius 1 is 1.00 bits per heavy atom. The highest BCUT2D eigenvalue weighted by molar-refractivity contribution is 5.89. The van der Waals surface area contributed by atoms with E-state index in [0.29, 0.717) is 0 Å². The summed E-state index contributed by atoms with van der Waals surface area (Å²) in [4.78, 5) is 23.2. The number of ether oxygens (including phenoxy) is 1. The molecule has 0 fully saturated rings. The number of nitrogens with one attached hydrogen (secondary N) is 1. The first-order valence-electron chi connectivity index (χ1n) is 7.39. The molecule has 2 unspecified atom stereocenters. The Morgan fingerprint density at radius 2 is 1.48 bits per heavy atom. The van der Waals surface area contributed by atoms with Crippen LogP contribution in [0.5, 0.6) is 0 Å². The van der Waals surface area contributed by atoms with E-state index in [9.17, 15) is 40.3 Å². The van der Waals surface area contributed by atoms with Gasteiger partial charge in [0.25, 0.3) is 5.91 Å². The van der Waals surface area contributed by atoms with Gasteiger partial charge in [-0.05, 0) is 11.8 Å². The van der Waals surface area contributed by atoms with Crippen molar-refractivity contribution >= 4 is 11.9 Å². The van der Waals surface area contributed by atoms with Crippen LogP contribution in [0.15, 0.2) is 0 Å². The summed E-state index contributed by atoms with van der Waals surface area (Å²) in [6, 6.07) is -1.79. The molecule has 0 aliphatic rings. The number of esters is 1. The van der Waals surface area contributed by atoms with Crippen molar-refractivity contribution in [1.82, 2.24) is 5.32 Å². The maximum Gasteiger partial charge on any atom is 0.460 e. The van der Waals surface area contributed by atoms with Crippen molar-refractivity contribution in [3.63, 3.8) is 0 Å². The second kappa shape index (κ2) is 8.22. The van der Waals surface area contributed by atoms with Crippen LogP contribution >= 0.6 is 0 Å². The quantitative estimate of drug-likeness (QED) is 0.515. The number of alkyl halides is 7. The molecule has 0 spiro atoms. The smallest absolute Gasteiger partial charge is 0.460 e. The third-order valence-corrected chi connectivity index (χ3v) is 3.35. The molecule has 11 heteroatoms. The minimum Gasteiger partial charge on any atom is -0.464 e. The molecule has 0 aromatic rings. The molecule has 25 heavy (non-hydrogen) atoms. The number of hydrogen-bond donors (Lipinski definition) is 1. The molecule has 1 amide bonds. The highest BCUT2D eigenvalue weighted by atomic mass is 19.4. The number of carbonyl (C=O) groups is 2. The summed E-state index contributed by atoms with van der Waals surface area (Å²) in [6.45, 7) is 5.99. The Bertz CT molecular complexity index is 478. The lowest BCUT2D eigenvalue weighted by atomic mass is 9.98. The third-order valence-electron chi connectivity index (χ3n) is 3.35. The molecule has 0 radical (unpaired) electrons. The van der Waals surface area contributed by atoms with E-state index in [2.05, 4.69) is 0 Å².